The number of nitrogens with zero attached hydrogens (tertiary/aromatic N) is 5. The molecule has 1 saturated heterocycles. The molecule has 3 aliphatic rings. The van der Waals surface area contributed by atoms with E-state index >= 15 is 0 Å². The van der Waals surface area contributed by atoms with E-state index < -0.39 is 0 Å². The molecule has 8 nitrogen and oxygen atoms in total. The van der Waals surface area contributed by atoms with Gasteiger partial charge in [-0.2, -0.15) is 5.10 Å². The average Bonchev–Trinajstić information content (AvgIpc) is 3.57. The minimum absolute atomic E-state index is 0.0322. The maximum Gasteiger partial charge on any atom is 0.347 e. The Morgan fingerprint density at radius 3 is 2.81 bits per heavy atom. The van der Waals surface area contributed by atoms with Gasteiger partial charge in [-0.1, -0.05) is 0 Å². The molecule has 3 fully saturated rings. The number of carbonyl (C=O) groups excluding carboxylic acids is 1. The van der Waals surface area contributed by atoms with Crippen molar-refractivity contribution in [2.45, 2.75) is 44.1 Å². The van der Waals surface area contributed by atoms with Crippen molar-refractivity contribution < 1.29 is 4.79 Å². The molecule has 2 aromatic rings. The van der Waals surface area contributed by atoms with Gasteiger partial charge in [0.05, 0.1) is 0 Å². The fourth-order valence-electron chi connectivity index (χ4n) is 4.05. The van der Waals surface area contributed by atoms with E-state index in [9.17, 15) is 9.59 Å². The quantitative estimate of drug-likeness (QED) is 0.860. The first-order valence-electron chi connectivity index (χ1n) is 9.40. The van der Waals surface area contributed by atoms with E-state index in [1.54, 1.807) is 12.3 Å². The lowest BCUT2D eigenvalue weighted by Crippen LogP contribution is -2.35. The second kappa shape index (κ2) is 6.03. The minimum Gasteiger partial charge on any atom is -0.340 e. The molecule has 2 aromatic heterocycles. The molecule has 1 N–H and O–H groups in total. The minimum atomic E-state index is -0.389. The van der Waals surface area contributed by atoms with E-state index in [0.29, 0.717) is 24.3 Å². The summed E-state index contributed by atoms with van der Waals surface area (Å²) in [5.41, 5.74) is -0.389. The normalized spacial score (nSPS) is 25.6. The Kier molecular flexibility index (Phi) is 3.65. The highest BCUT2D eigenvalue weighted by molar-refractivity contribution is 5.76. The van der Waals surface area contributed by atoms with Crippen molar-refractivity contribution >= 4 is 5.91 Å². The van der Waals surface area contributed by atoms with Gasteiger partial charge in [-0.15, -0.1) is 0 Å². The molecule has 2 atom stereocenters. The Bertz CT molecular complexity index is 882. The SMILES string of the molecule is O=C(Cn1cccnc1=O)N1C[C@H](c2nc(C3CC3)n[nH]2)[C@@H](C2CC2)C1. The number of rotatable bonds is 5. The molecule has 1 aliphatic heterocycles. The predicted octanol–water partition coefficient (Wildman–Crippen LogP) is 0.891. The lowest BCUT2D eigenvalue weighted by atomic mass is 9.91. The maximum atomic E-state index is 12.7. The van der Waals surface area contributed by atoms with Crippen molar-refractivity contribution in [3.63, 3.8) is 0 Å². The summed E-state index contributed by atoms with van der Waals surface area (Å²) in [6.07, 6.45) is 7.87. The molecule has 2 aliphatic carbocycles. The highest BCUT2D eigenvalue weighted by Crippen LogP contribution is 2.47. The molecule has 2 saturated carbocycles. The van der Waals surface area contributed by atoms with Gasteiger partial charge >= 0.3 is 5.69 Å². The summed E-state index contributed by atoms with van der Waals surface area (Å²) in [4.78, 5) is 34.8. The van der Waals surface area contributed by atoms with Crippen LogP contribution in [0.1, 0.15) is 49.2 Å². The third-order valence-electron chi connectivity index (χ3n) is 5.85. The van der Waals surface area contributed by atoms with E-state index in [2.05, 4.69) is 15.2 Å². The van der Waals surface area contributed by atoms with E-state index in [-0.39, 0.29) is 24.1 Å². The van der Waals surface area contributed by atoms with Crippen molar-refractivity contribution in [2.75, 3.05) is 13.1 Å². The number of hydrogen-bond donors (Lipinski definition) is 1. The zero-order valence-electron chi connectivity index (χ0n) is 14.5. The molecule has 0 spiro atoms. The lowest BCUT2D eigenvalue weighted by molar-refractivity contribution is -0.131. The van der Waals surface area contributed by atoms with Gasteiger partial charge in [0.2, 0.25) is 5.91 Å². The van der Waals surface area contributed by atoms with Crippen LogP contribution in [0.15, 0.2) is 23.3 Å². The molecule has 0 aromatic carbocycles. The average molecular weight is 354 g/mol. The highest BCUT2D eigenvalue weighted by atomic mass is 16.2. The zero-order chi connectivity index (χ0) is 17.7. The predicted molar refractivity (Wildman–Crippen MR) is 92.4 cm³/mol. The van der Waals surface area contributed by atoms with Gasteiger partial charge in [0, 0.05) is 37.3 Å². The molecular formula is C18H22N6O2. The van der Waals surface area contributed by atoms with Gasteiger partial charge in [-0.3, -0.25) is 14.5 Å². The van der Waals surface area contributed by atoms with Gasteiger partial charge in [0.1, 0.15) is 12.4 Å². The van der Waals surface area contributed by atoms with E-state index in [4.69, 9.17) is 4.98 Å². The van der Waals surface area contributed by atoms with Crippen LogP contribution in [0.3, 0.4) is 0 Å². The first-order chi connectivity index (χ1) is 12.7. The van der Waals surface area contributed by atoms with Crippen LogP contribution in [-0.2, 0) is 11.3 Å². The first-order valence-corrected chi connectivity index (χ1v) is 9.40. The number of nitrogens with one attached hydrogen (secondary N) is 1. The second-order valence-electron chi connectivity index (χ2n) is 7.79. The molecule has 8 heteroatoms. The van der Waals surface area contributed by atoms with Crippen molar-refractivity contribution in [1.29, 1.82) is 0 Å². The molecule has 0 unspecified atom stereocenters. The van der Waals surface area contributed by atoms with Crippen LogP contribution >= 0.6 is 0 Å². The summed E-state index contributed by atoms with van der Waals surface area (Å²) in [5.74, 6) is 3.68. The van der Waals surface area contributed by atoms with Gasteiger partial charge in [-0.05, 0) is 43.6 Å². The van der Waals surface area contributed by atoms with Crippen molar-refractivity contribution in [2.24, 2.45) is 11.8 Å². The molecule has 1 amide bonds. The second-order valence-corrected chi connectivity index (χ2v) is 7.79. The number of likely N-dealkylation sites (tertiary alicyclic amines) is 1. The van der Waals surface area contributed by atoms with Crippen LogP contribution in [0.4, 0.5) is 0 Å². The third kappa shape index (κ3) is 2.93. The van der Waals surface area contributed by atoms with E-state index in [0.717, 1.165) is 18.2 Å². The molecule has 136 valence electrons. The van der Waals surface area contributed by atoms with Gasteiger partial charge in [0.15, 0.2) is 5.82 Å². The largest absolute Gasteiger partial charge is 0.347 e. The summed E-state index contributed by atoms with van der Waals surface area (Å²) >= 11 is 0. The topological polar surface area (TPSA) is 96.8 Å². The molecule has 5 rings (SSSR count). The van der Waals surface area contributed by atoms with Gasteiger partial charge in [-0.25, -0.2) is 14.8 Å². The highest BCUT2D eigenvalue weighted by Gasteiger charge is 2.46. The van der Waals surface area contributed by atoms with Gasteiger partial charge < -0.3 is 4.90 Å². The van der Waals surface area contributed by atoms with Crippen LogP contribution in [0, 0.1) is 11.8 Å². The van der Waals surface area contributed by atoms with E-state index in [1.807, 2.05) is 4.90 Å². The Morgan fingerprint density at radius 2 is 2.08 bits per heavy atom. The van der Waals surface area contributed by atoms with Crippen LogP contribution in [0.5, 0.6) is 0 Å². The number of amides is 1. The van der Waals surface area contributed by atoms with E-state index in [1.165, 1.54) is 36.4 Å². The number of aromatic amines is 1. The zero-order valence-corrected chi connectivity index (χ0v) is 14.5. The van der Waals surface area contributed by atoms with Crippen LogP contribution < -0.4 is 5.69 Å². The van der Waals surface area contributed by atoms with Crippen LogP contribution in [-0.4, -0.2) is 48.6 Å². The Morgan fingerprint density at radius 1 is 1.23 bits per heavy atom. The third-order valence-corrected chi connectivity index (χ3v) is 5.85. The molecule has 3 heterocycles. The number of H-pyrrole nitrogens is 1. The van der Waals surface area contributed by atoms with Crippen LogP contribution in [0.25, 0.3) is 0 Å². The first kappa shape index (κ1) is 15.7. The van der Waals surface area contributed by atoms with Gasteiger partial charge in [0.25, 0.3) is 0 Å². The number of carbonyl (C=O) groups is 1. The summed E-state index contributed by atoms with van der Waals surface area (Å²) in [5, 5.41) is 7.53. The fourth-order valence-corrected chi connectivity index (χ4v) is 4.05. The Labute approximate surface area is 150 Å². The monoisotopic (exact) mass is 354 g/mol. The number of hydrogen-bond acceptors (Lipinski definition) is 5. The van der Waals surface area contributed by atoms with Crippen LogP contribution in [0.2, 0.25) is 0 Å². The summed E-state index contributed by atoms with van der Waals surface area (Å²) < 4.78 is 1.36. The number of aromatic nitrogens is 5. The molecule has 26 heavy (non-hydrogen) atoms. The summed E-state index contributed by atoms with van der Waals surface area (Å²) in [6, 6.07) is 1.67. The summed E-state index contributed by atoms with van der Waals surface area (Å²) in [6.45, 7) is 1.43. The Balaban J connectivity index is 1.33. The Hall–Kier alpha value is -2.51. The van der Waals surface area contributed by atoms with Crippen molar-refractivity contribution in [3.8, 4) is 0 Å². The molecular weight excluding hydrogens is 332 g/mol. The lowest BCUT2D eigenvalue weighted by Gasteiger charge is -2.16. The maximum absolute atomic E-state index is 12.7. The summed E-state index contributed by atoms with van der Waals surface area (Å²) in [7, 11) is 0. The molecule has 0 radical (unpaired) electrons. The van der Waals surface area contributed by atoms with Crippen molar-refractivity contribution in [1.82, 2.24) is 29.6 Å². The fraction of sp³-hybridized carbons (Fsp3) is 0.611. The standard InChI is InChI=1S/C18H22N6O2/c25-15(10-23-7-1-6-19-18(23)26)24-8-13(11-2-3-11)14(9-24)17-20-16(21-22-17)12-4-5-12/h1,6-7,11-14H,2-5,8-10H2,(H,20,21,22)/t13-,14+/m1/s1. The van der Waals surface area contributed by atoms with Crippen molar-refractivity contribution in [3.05, 3.63) is 40.6 Å². The molecule has 0 bridgehead atoms. The smallest absolute Gasteiger partial charge is 0.340 e.